The van der Waals surface area contributed by atoms with Crippen LogP contribution in [0.3, 0.4) is 0 Å². The second-order valence-corrected chi connectivity index (χ2v) is 12.3. The molecule has 0 aromatic rings. The van der Waals surface area contributed by atoms with E-state index in [4.69, 9.17) is 9.47 Å². The summed E-state index contributed by atoms with van der Waals surface area (Å²) in [4.78, 5) is 23.9. The fraction of sp³-hybridized carbons (Fsp3) is 0.684. The lowest BCUT2D eigenvalue weighted by atomic mass is 10.0. The van der Waals surface area contributed by atoms with Crippen LogP contribution >= 0.6 is 0 Å². The van der Waals surface area contributed by atoms with Crippen LogP contribution in [-0.2, 0) is 19.1 Å². The highest BCUT2D eigenvalue weighted by Gasteiger charge is 2.15. The van der Waals surface area contributed by atoms with Crippen LogP contribution in [0.2, 0.25) is 0 Å². The maximum atomic E-state index is 12.0. The van der Waals surface area contributed by atoms with Gasteiger partial charge in [-0.15, -0.1) is 0 Å². The van der Waals surface area contributed by atoms with E-state index in [1.807, 2.05) is 19.1 Å². The molecule has 0 saturated carbocycles. The number of rotatable bonds is 29. The molecule has 8 nitrogen and oxygen atoms in total. The van der Waals surface area contributed by atoms with Crippen molar-refractivity contribution in [3.05, 3.63) is 60.8 Å². The molecular weight excluding hydrogens is 584 g/mol. The van der Waals surface area contributed by atoms with Crippen molar-refractivity contribution < 1.29 is 39.5 Å². The summed E-state index contributed by atoms with van der Waals surface area (Å²) in [6, 6.07) is 0. The van der Waals surface area contributed by atoms with Crippen LogP contribution in [0.25, 0.3) is 0 Å². The predicted octanol–water partition coefficient (Wildman–Crippen LogP) is 7.21. The average molecular weight is 649 g/mol. The average Bonchev–Trinajstić information content (AvgIpc) is 3.02. The lowest BCUT2D eigenvalue weighted by Gasteiger charge is -2.14. The number of aliphatic hydroxyl groups excluding tert-OH is 4. The molecule has 0 radical (unpaired) electrons. The van der Waals surface area contributed by atoms with Crippen LogP contribution in [0.1, 0.15) is 124 Å². The molecule has 8 heteroatoms. The van der Waals surface area contributed by atoms with Crippen LogP contribution in [0, 0.1) is 5.92 Å². The van der Waals surface area contributed by atoms with E-state index in [0.29, 0.717) is 19.3 Å². The number of ether oxygens (including phenoxy) is 2. The summed E-state index contributed by atoms with van der Waals surface area (Å²) in [6.07, 6.45) is 28.1. The molecule has 4 N–H and O–H groups in total. The predicted molar refractivity (Wildman–Crippen MR) is 186 cm³/mol. The van der Waals surface area contributed by atoms with Gasteiger partial charge < -0.3 is 29.9 Å². The number of hydrogen-bond donors (Lipinski definition) is 4. The number of hydrogen-bond acceptors (Lipinski definition) is 8. The van der Waals surface area contributed by atoms with Gasteiger partial charge in [0.25, 0.3) is 0 Å². The quantitative estimate of drug-likeness (QED) is 0.0289. The highest BCUT2D eigenvalue weighted by Crippen LogP contribution is 2.14. The Morgan fingerprint density at radius 1 is 0.609 bits per heavy atom. The van der Waals surface area contributed by atoms with Crippen molar-refractivity contribution in [2.24, 2.45) is 5.92 Å². The molecule has 0 aromatic carbocycles. The van der Waals surface area contributed by atoms with E-state index in [0.717, 1.165) is 31.6 Å². The van der Waals surface area contributed by atoms with Crippen molar-refractivity contribution >= 4 is 11.9 Å². The van der Waals surface area contributed by atoms with Gasteiger partial charge in [-0.25, -0.2) is 0 Å². The van der Waals surface area contributed by atoms with Crippen LogP contribution in [0.4, 0.5) is 0 Å². The second-order valence-electron chi connectivity index (χ2n) is 12.3. The van der Waals surface area contributed by atoms with Crippen molar-refractivity contribution in [1.82, 2.24) is 0 Å². The molecule has 264 valence electrons. The van der Waals surface area contributed by atoms with Crippen molar-refractivity contribution in [2.45, 2.75) is 148 Å². The Bertz CT molecular complexity index is 889. The zero-order valence-electron chi connectivity index (χ0n) is 28.8. The maximum Gasteiger partial charge on any atom is 0.305 e. The molecule has 0 amide bonds. The monoisotopic (exact) mass is 648 g/mol. The van der Waals surface area contributed by atoms with Gasteiger partial charge in [0.2, 0.25) is 0 Å². The molecule has 0 fully saturated rings. The third-order valence-corrected chi connectivity index (χ3v) is 7.29. The summed E-state index contributed by atoms with van der Waals surface area (Å²) in [5.41, 5.74) is 0. The van der Waals surface area contributed by atoms with Crippen LogP contribution in [0.5, 0.6) is 0 Å². The highest BCUT2D eigenvalue weighted by atomic mass is 16.6. The van der Waals surface area contributed by atoms with Gasteiger partial charge in [-0.05, 0) is 38.0 Å². The molecule has 46 heavy (non-hydrogen) atoms. The van der Waals surface area contributed by atoms with Gasteiger partial charge in [-0.3, -0.25) is 9.59 Å². The van der Waals surface area contributed by atoms with Gasteiger partial charge >= 0.3 is 11.9 Å². The van der Waals surface area contributed by atoms with Crippen LogP contribution < -0.4 is 0 Å². The summed E-state index contributed by atoms with van der Waals surface area (Å²) in [5, 5.41) is 39.9. The zero-order chi connectivity index (χ0) is 34.3. The molecule has 0 aromatic heterocycles. The van der Waals surface area contributed by atoms with E-state index in [1.165, 1.54) is 51.0 Å². The fourth-order valence-electron chi connectivity index (χ4n) is 4.49. The topological polar surface area (TPSA) is 134 Å². The number of allylic oxidation sites excluding steroid dienone is 7. The van der Waals surface area contributed by atoms with Gasteiger partial charge in [0.15, 0.2) is 0 Å². The molecular formula is C38H64O8. The Labute approximate surface area is 279 Å². The summed E-state index contributed by atoms with van der Waals surface area (Å²) < 4.78 is 10.1. The first-order chi connectivity index (χ1) is 22.1. The molecule has 0 bridgehead atoms. The lowest BCUT2D eigenvalue weighted by molar-refractivity contribution is -0.152. The van der Waals surface area contributed by atoms with Gasteiger partial charge in [0.1, 0.15) is 19.3 Å². The molecule has 4 atom stereocenters. The van der Waals surface area contributed by atoms with Crippen LogP contribution in [-0.4, -0.2) is 70.0 Å². The minimum atomic E-state index is -1.09. The Morgan fingerprint density at radius 2 is 1.11 bits per heavy atom. The molecule has 0 rings (SSSR count). The van der Waals surface area contributed by atoms with Crippen molar-refractivity contribution in [1.29, 1.82) is 0 Å². The first-order valence-corrected chi connectivity index (χ1v) is 17.5. The van der Waals surface area contributed by atoms with E-state index in [9.17, 15) is 30.0 Å². The fourth-order valence-corrected chi connectivity index (χ4v) is 4.49. The molecule has 0 aliphatic carbocycles. The summed E-state index contributed by atoms with van der Waals surface area (Å²) in [6.45, 7) is 6.09. The Morgan fingerprint density at radius 3 is 1.67 bits per heavy atom. The number of esters is 2. The van der Waals surface area contributed by atoms with Crippen LogP contribution in [0.15, 0.2) is 60.8 Å². The summed E-state index contributed by atoms with van der Waals surface area (Å²) >= 11 is 0. The maximum absolute atomic E-state index is 12.0. The second kappa shape index (κ2) is 31.1. The number of carbonyl (C=O) groups is 2. The van der Waals surface area contributed by atoms with E-state index in [2.05, 4.69) is 13.8 Å². The van der Waals surface area contributed by atoms with Gasteiger partial charge in [-0.2, -0.15) is 0 Å². The summed E-state index contributed by atoms with van der Waals surface area (Å²) in [7, 11) is 0. The lowest BCUT2D eigenvalue weighted by Crippen LogP contribution is -2.26. The number of carbonyl (C=O) groups excluding carboxylic acids is 2. The molecule has 0 saturated heterocycles. The Kier molecular flexibility index (Phi) is 29.4. The van der Waals surface area contributed by atoms with E-state index < -0.39 is 30.4 Å². The first-order valence-electron chi connectivity index (χ1n) is 17.5. The minimum absolute atomic E-state index is 0.0277. The van der Waals surface area contributed by atoms with Crippen molar-refractivity contribution in [2.75, 3.05) is 13.2 Å². The minimum Gasteiger partial charge on any atom is -0.463 e. The zero-order valence-corrected chi connectivity index (χ0v) is 28.8. The SMILES string of the molecule is CC/C=C\C[C@@H](O)/C=C/C=C/C=C\C=C/[C@H](O)[C@@H](O)CCCC(=O)OC[C@H](O)COC(=O)CCCCCCCCCCCC(C)C. The number of aliphatic hydroxyl groups is 4. The normalized spacial score (nSPS) is 15.1. The van der Waals surface area contributed by atoms with Crippen molar-refractivity contribution in [3.63, 3.8) is 0 Å². The van der Waals surface area contributed by atoms with E-state index >= 15 is 0 Å². The largest absolute Gasteiger partial charge is 0.463 e. The number of unbranched alkanes of at least 4 members (excludes halogenated alkanes) is 8. The van der Waals surface area contributed by atoms with Gasteiger partial charge in [0.05, 0.1) is 18.3 Å². The Balaban J connectivity index is 3.86. The van der Waals surface area contributed by atoms with E-state index in [-0.39, 0.29) is 32.0 Å². The van der Waals surface area contributed by atoms with Gasteiger partial charge in [0, 0.05) is 12.8 Å². The van der Waals surface area contributed by atoms with Crippen molar-refractivity contribution in [3.8, 4) is 0 Å². The van der Waals surface area contributed by atoms with Gasteiger partial charge in [-0.1, -0.05) is 139 Å². The third-order valence-electron chi connectivity index (χ3n) is 7.29. The molecule has 0 heterocycles. The highest BCUT2D eigenvalue weighted by molar-refractivity contribution is 5.69. The standard InChI is InChI=1S/C38H64O8/c1-4-5-17-24-33(39)25-19-14-11-12-15-20-26-35(41)36(42)27-22-29-38(44)46-31-34(40)30-45-37(43)28-21-16-10-8-6-7-9-13-18-23-32(2)3/h5,11-12,14-15,17,19-20,25-26,32-36,39-42H,4,6-10,13,16,18,21-24,27-31H2,1-3H3/b14-11+,15-12-,17-5-,25-19+,26-20-/t33-,34-,35+,36+/m1/s1. The Hall–Kier alpha value is -2.52. The smallest absolute Gasteiger partial charge is 0.305 e. The molecule has 0 aliphatic heterocycles. The third kappa shape index (κ3) is 30.2. The molecule has 0 aliphatic rings. The summed E-state index contributed by atoms with van der Waals surface area (Å²) in [5.74, 6) is -0.0977. The first kappa shape index (κ1) is 43.5. The molecule has 0 spiro atoms. The molecule has 0 unspecified atom stereocenters. The van der Waals surface area contributed by atoms with E-state index in [1.54, 1.807) is 42.5 Å².